The van der Waals surface area contributed by atoms with Crippen LogP contribution in [0.5, 0.6) is 17.2 Å². The van der Waals surface area contributed by atoms with Gasteiger partial charge in [0.1, 0.15) is 17.9 Å². The number of benzene rings is 3. The van der Waals surface area contributed by atoms with Crippen molar-refractivity contribution in [1.82, 2.24) is 4.31 Å². The molecule has 1 aliphatic heterocycles. The Labute approximate surface area is 259 Å². The highest BCUT2D eigenvalue weighted by molar-refractivity contribution is 9.10. The molecule has 3 aromatic rings. The number of carbonyl (C=O) groups excluding carboxylic acids is 1. The lowest BCUT2D eigenvalue weighted by atomic mass is 10.00. The second kappa shape index (κ2) is 14.7. The fourth-order valence-electron chi connectivity index (χ4n) is 4.99. The number of piperidine rings is 1. The Morgan fingerprint density at radius 2 is 1.77 bits per heavy atom. The molecule has 1 aliphatic rings. The number of carbonyl (C=O) groups is 2. The Morgan fingerprint density at radius 3 is 2.49 bits per heavy atom. The largest absolute Gasteiger partial charge is 0.493 e. The topological polar surface area (TPSA) is 129 Å². The van der Waals surface area contributed by atoms with Crippen LogP contribution in [0.15, 0.2) is 76.1 Å². The van der Waals surface area contributed by atoms with E-state index in [1.165, 1.54) is 16.4 Å². The van der Waals surface area contributed by atoms with Gasteiger partial charge in [-0.2, -0.15) is 4.31 Å². The summed E-state index contributed by atoms with van der Waals surface area (Å²) in [6.45, 7) is -0.326. The summed E-state index contributed by atoms with van der Waals surface area (Å²) in [4.78, 5) is 24.9. The van der Waals surface area contributed by atoms with E-state index in [-0.39, 0.29) is 11.4 Å². The van der Waals surface area contributed by atoms with Gasteiger partial charge in [-0.15, -0.1) is 0 Å². The van der Waals surface area contributed by atoms with E-state index in [0.717, 1.165) is 5.56 Å². The highest BCUT2D eigenvalue weighted by Crippen LogP contribution is 2.33. The standard InChI is InChI=1S/C31H34BrNO9S/c1-39-28-15-13-21(17-29(28)40-2)12-14-27(22-7-5-9-24(18-22)41-20-30(34)35)42-31(36)26-11-3-4-16-33(26)43(37,38)25-10-6-8-23(32)19-25/h5-10,13,15,17-19,26-27H,3-4,11-12,14,16,20H2,1-2H3,(H,34,35)/t26?,27-/m1/s1. The first kappa shape index (κ1) is 32.3. The number of hydrogen-bond donors (Lipinski definition) is 1. The number of rotatable bonds is 13. The van der Waals surface area contributed by atoms with E-state index in [1.807, 2.05) is 12.1 Å². The van der Waals surface area contributed by atoms with Gasteiger partial charge in [0, 0.05) is 11.0 Å². The van der Waals surface area contributed by atoms with Crippen molar-refractivity contribution in [2.24, 2.45) is 0 Å². The van der Waals surface area contributed by atoms with Crippen molar-refractivity contribution < 1.29 is 42.1 Å². The van der Waals surface area contributed by atoms with Gasteiger partial charge in [-0.25, -0.2) is 13.2 Å². The summed E-state index contributed by atoms with van der Waals surface area (Å²) in [5.41, 5.74) is 1.50. The highest BCUT2D eigenvalue weighted by Gasteiger charge is 2.39. The lowest BCUT2D eigenvalue weighted by molar-refractivity contribution is -0.155. The van der Waals surface area contributed by atoms with Crippen molar-refractivity contribution in [2.75, 3.05) is 27.4 Å². The third-order valence-electron chi connectivity index (χ3n) is 7.12. The maximum Gasteiger partial charge on any atom is 0.341 e. The number of methoxy groups -OCH3 is 2. The molecule has 1 heterocycles. The summed E-state index contributed by atoms with van der Waals surface area (Å²) in [5.74, 6) is -0.309. The van der Waals surface area contributed by atoms with Crippen LogP contribution in [0.2, 0.25) is 0 Å². The second-order valence-corrected chi connectivity index (χ2v) is 12.8. The lowest BCUT2D eigenvalue weighted by Gasteiger charge is -2.34. The molecule has 10 nitrogen and oxygen atoms in total. The van der Waals surface area contributed by atoms with Crippen LogP contribution in [0, 0.1) is 0 Å². The van der Waals surface area contributed by atoms with Crippen molar-refractivity contribution in [1.29, 1.82) is 0 Å². The molecule has 1 N–H and O–H groups in total. The van der Waals surface area contributed by atoms with Crippen molar-refractivity contribution in [3.8, 4) is 17.2 Å². The minimum absolute atomic E-state index is 0.0925. The average molecular weight is 677 g/mol. The fraction of sp³-hybridized carbons (Fsp3) is 0.355. The van der Waals surface area contributed by atoms with Gasteiger partial charge in [-0.05, 0) is 85.7 Å². The van der Waals surface area contributed by atoms with E-state index in [0.29, 0.717) is 59.4 Å². The molecule has 0 aliphatic carbocycles. The number of aryl methyl sites for hydroxylation is 1. The lowest BCUT2D eigenvalue weighted by Crippen LogP contribution is -2.48. The maximum atomic E-state index is 13.7. The number of carboxylic acids is 1. The van der Waals surface area contributed by atoms with E-state index in [1.54, 1.807) is 56.7 Å². The first-order valence-electron chi connectivity index (χ1n) is 13.8. The van der Waals surface area contributed by atoms with Gasteiger partial charge < -0.3 is 24.1 Å². The van der Waals surface area contributed by atoms with Crippen molar-refractivity contribution in [3.05, 3.63) is 82.3 Å². The van der Waals surface area contributed by atoms with Gasteiger partial charge in [0.2, 0.25) is 10.0 Å². The van der Waals surface area contributed by atoms with Gasteiger partial charge in [-0.3, -0.25) is 4.79 Å². The van der Waals surface area contributed by atoms with E-state index in [4.69, 9.17) is 24.1 Å². The number of halogens is 1. The first-order chi connectivity index (χ1) is 20.6. The quantitative estimate of drug-likeness (QED) is 0.237. The molecule has 1 saturated heterocycles. The third kappa shape index (κ3) is 8.27. The summed E-state index contributed by atoms with van der Waals surface area (Å²) < 4.78 is 51.3. The molecule has 0 aromatic heterocycles. The number of sulfonamides is 1. The molecular weight excluding hydrogens is 642 g/mol. The van der Waals surface area contributed by atoms with Gasteiger partial charge in [0.05, 0.1) is 19.1 Å². The molecule has 0 bridgehead atoms. The van der Waals surface area contributed by atoms with Crippen LogP contribution in [-0.2, 0) is 30.8 Å². The molecule has 0 spiro atoms. The minimum Gasteiger partial charge on any atom is -0.493 e. The Balaban J connectivity index is 1.61. The van der Waals surface area contributed by atoms with Crippen LogP contribution < -0.4 is 14.2 Å². The van der Waals surface area contributed by atoms with Crippen molar-refractivity contribution in [2.45, 2.75) is 49.1 Å². The third-order valence-corrected chi connectivity index (χ3v) is 9.52. The Hall–Kier alpha value is -3.61. The summed E-state index contributed by atoms with van der Waals surface area (Å²) >= 11 is 3.33. The molecular formula is C31H34BrNO9S. The van der Waals surface area contributed by atoms with Crippen LogP contribution in [0.1, 0.15) is 42.9 Å². The van der Waals surface area contributed by atoms with Gasteiger partial charge in [-0.1, -0.05) is 40.2 Å². The van der Waals surface area contributed by atoms with Crippen LogP contribution in [0.4, 0.5) is 0 Å². The summed E-state index contributed by atoms with van der Waals surface area (Å²) in [6.07, 6.45) is 1.71. The number of ether oxygens (including phenoxy) is 4. The predicted molar refractivity (Wildman–Crippen MR) is 162 cm³/mol. The zero-order valence-electron chi connectivity index (χ0n) is 23.9. The van der Waals surface area contributed by atoms with E-state index in [9.17, 15) is 18.0 Å². The van der Waals surface area contributed by atoms with Crippen molar-refractivity contribution in [3.63, 3.8) is 0 Å². The monoisotopic (exact) mass is 675 g/mol. The number of aliphatic carboxylic acids is 1. The molecule has 12 heteroatoms. The molecule has 0 amide bonds. The van der Waals surface area contributed by atoms with Gasteiger partial charge >= 0.3 is 11.9 Å². The molecule has 4 rings (SSSR count). The zero-order chi connectivity index (χ0) is 31.0. The normalized spacial score (nSPS) is 16.2. The van der Waals surface area contributed by atoms with Crippen LogP contribution in [0.3, 0.4) is 0 Å². The Bertz CT molecular complexity index is 1550. The molecule has 0 radical (unpaired) electrons. The summed E-state index contributed by atoms with van der Waals surface area (Å²) in [6, 6.07) is 17.6. The predicted octanol–water partition coefficient (Wildman–Crippen LogP) is 5.39. The molecule has 2 atom stereocenters. The summed E-state index contributed by atoms with van der Waals surface area (Å²) in [7, 11) is -0.868. The van der Waals surface area contributed by atoms with Crippen LogP contribution in [0.25, 0.3) is 0 Å². The smallest absolute Gasteiger partial charge is 0.341 e. The molecule has 0 saturated carbocycles. The van der Waals surface area contributed by atoms with Gasteiger partial charge in [0.25, 0.3) is 0 Å². The van der Waals surface area contributed by atoms with Gasteiger partial charge in [0.15, 0.2) is 18.1 Å². The van der Waals surface area contributed by atoms with Crippen LogP contribution in [-0.4, -0.2) is 63.2 Å². The molecule has 1 unspecified atom stereocenters. The zero-order valence-corrected chi connectivity index (χ0v) is 26.3. The second-order valence-electron chi connectivity index (χ2n) is 9.99. The Kier molecular flexibility index (Phi) is 11.1. The maximum absolute atomic E-state index is 13.7. The van der Waals surface area contributed by atoms with Crippen LogP contribution >= 0.6 is 15.9 Å². The van der Waals surface area contributed by atoms with E-state index < -0.39 is 40.7 Å². The number of hydrogen-bond acceptors (Lipinski definition) is 8. The van der Waals surface area contributed by atoms with E-state index >= 15 is 0 Å². The fourth-order valence-corrected chi connectivity index (χ4v) is 7.23. The summed E-state index contributed by atoms with van der Waals surface area (Å²) in [5, 5.41) is 9.03. The van der Waals surface area contributed by atoms with E-state index in [2.05, 4.69) is 15.9 Å². The highest BCUT2D eigenvalue weighted by atomic mass is 79.9. The SMILES string of the molecule is COc1ccc(CC[C@@H](OC(=O)C2CCCCN2S(=O)(=O)c2cccc(Br)c2)c2cccc(OCC(=O)O)c2)cc1OC. The first-order valence-corrected chi connectivity index (χ1v) is 16.0. The number of nitrogens with zero attached hydrogens (tertiary/aromatic N) is 1. The molecule has 1 fully saturated rings. The molecule has 3 aromatic carbocycles. The minimum atomic E-state index is -3.97. The average Bonchev–Trinajstić information content (AvgIpc) is 3.01. The molecule has 230 valence electrons. The molecule has 43 heavy (non-hydrogen) atoms. The Morgan fingerprint density at radius 1 is 1.00 bits per heavy atom. The van der Waals surface area contributed by atoms with Crippen molar-refractivity contribution >= 4 is 37.9 Å². The number of carboxylic acid groups (broad SMARTS) is 1. The number of esters is 1.